The third-order valence-corrected chi connectivity index (χ3v) is 4.66. The van der Waals surface area contributed by atoms with Gasteiger partial charge in [0.25, 0.3) is 5.91 Å². The van der Waals surface area contributed by atoms with E-state index in [-0.39, 0.29) is 11.8 Å². The van der Waals surface area contributed by atoms with Crippen LogP contribution >= 0.6 is 27.3 Å². The normalized spacial score (nSPS) is 20.5. The summed E-state index contributed by atoms with van der Waals surface area (Å²) in [6, 6.07) is 1.83. The number of likely N-dealkylation sites (tertiary alicyclic amines) is 1. The Hall–Kier alpha value is -0.680. The lowest BCUT2D eigenvalue weighted by Crippen LogP contribution is -2.32. The van der Waals surface area contributed by atoms with E-state index in [1.165, 1.54) is 16.2 Å². The summed E-state index contributed by atoms with van der Waals surface area (Å²) in [6.45, 7) is 2.62. The fourth-order valence-electron chi connectivity index (χ4n) is 1.82. The smallest absolute Gasteiger partial charge is 0.271 e. The monoisotopic (exact) mass is 301 g/mol. The van der Waals surface area contributed by atoms with E-state index in [1.54, 1.807) is 0 Å². The summed E-state index contributed by atoms with van der Waals surface area (Å²) in [4.78, 5) is 25.8. The summed E-state index contributed by atoms with van der Waals surface area (Å²) in [5.74, 6) is 0.121. The number of thiophene rings is 1. The van der Waals surface area contributed by atoms with E-state index >= 15 is 0 Å². The van der Waals surface area contributed by atoms with Crippen molar-refractivity contribution in [2.75, 3.05) is 6.54 Å². The minimum Gasteiger partial charge on any atom is -0.277 e. The maximum Gasteiger partial charge on any atom is 0.271 e. The van der Waals surface area contributed by atoms with Gasteiger partial charge >= 0.3 is 0 Å². The van der Waals surface area contributed by atoms with E-state index in [2.05, 4.69) is 15.9 Å². The highest BCUT2D eigenvalue weighted by Crippen LogP contribution is 2.28. The van der Waals surface area contributed by atoms with E-state index < -0.39 is 0 Å². The molecule has 16 heavy (non-hydrogen) atoms. The van der Waals surface area contributed by atoms with Gasteiger partial charge in [0.1, 0.15) is 4.88 Å². The zero-order valence-electron chi connectivity index (χ0n) is 8.90. The second kappa shape index (κ2) is 4.67. The van der Waals surface area contributed by atoms with Crippen LogP contribution in [0.2, 0.25) is 0 Å². The first-order valence-electron chi connectivity index (χ1n) is 5.21. The first kappa shape index (κ1) is 11.8. The van der Waals surface area contributed by atoms with Crippen LogP contribution in [-0.2, 0) is 4.79 Å². The number of imide groups is 1. The number of halogens is 1. The first-order valence-corrected chi connectivity index (χ1v) is 6.88. The van der Waals surface area contributed by atoms with Gasteiger partial charge in [0, 0.05) is 17.4 Å². The van der Waals surface area contributed by atoms with Gasteiger partial charge in [-0.25, -0.2) is 0 Å². The standard InChI is InChI=1S/C11H12BrNO2S/c1-2-7-5-9(14)13(6-7)11(15)10-8(12)3-4-16-10/h3-4,7H,2,5-6H2,1H3. The zero-order chi connectivity index (χ0) is 11.7. The Morgan fingerprint density at radius 1 is 1.69 bits per heavy atom. The van der Waals surface area contributed by atoms with Crippen LogP contribution < -0.4 is 0 Å². The topological polar surface area (TPSA) is 37.4 Å². The number of nitrogens with zero attached hydrogens (tertiary/aromatic N) is 1. The third-order valence-electron chi connectivity index (χ3n) is 2.84. The molecule has 86 valence electrons. The lowest BCUT2D eigenvalue weighted by Gasteiger charge is -2.13. The van der Waals surface area contributed by atoms with Crippen molar-refractivity contribution in [3.63, 3.8) is 0 Å². The largest absolute Gasteiger partial charge is 0.277 e. The molecule has 1 aliphatic rings. The average molecular weight is 302 g/mol. The molecule has 5 heteroatoms. The molecular weight excluding hydrogens is 290 g/mol. The molecule has 0 radical (unpaired) electrons. The van der Waals surface area contributed by atoms with Gasteiger partial charge < -0.3 is 0 Å². The fourth-order valence-corrected chi connectivity index (χ4v) is 3.31. The summed E-state index contributed by atoms with van der Waals surface area (Å²) in [7, 11) is 0. The Kier molecular flexibility index (Phi) is 3.44. The second-order valence-electron chi connectivity index (χ2n) is 3.89. The molecule has 0 spiro atoms. The Bertz CT molecular complexity index is 429. The van der Waals surface area contributed by atoms with Gasteiger partial charge in [-0.2, -0.15) is 0 Å². The molecule has 2 heterocycles. The Labute approximate surface area is 107 Å². The predicted octanol–water partition coefficient (Wildman–Crippen LogP) is 2.91. The minimum atomic E-state index is -0.164. The van der Waals surface area contributed by atoms with Crippen LogP contribution in [0.1, 0.15) is 29.4 Å². The van der Waals surface area contributed by atoms with Crippen molar-refractivity contribution in [3.8, 4) is 0 Å². The molecule has 1 aliphatic heterocycles. The molecule has 0 N–H and O–H groups in total. The highest BCUT2D eigenvalue weighted by atomic mass is 79.9. The SMILES string of the molecule is CCC1CC(=O)N(C(=O)c2sccc2Br)C1. The number of carbonyl (C=O) groups excluding carboxylic acids is 2. The van der Waals surface area contributed by atoms with Crippen molar-refractivity contribution < 1.29 is 9.59 Å². The molecule has 2 amide bonds. The van der Waals surface area contributed by atoms with Gasteiger partial charge in [0.15, 0.2) is 0 Å². The molecule has 1 unspecified atom stereocenters. The Balaban J connectivity index is 2.18. The van der Waals surface area contributed by atoms with E-state index in [9.17, 15) is 9.59 Å². The number of carbonyl (C=O) groups is 2. The van der Waals surface area contributed by atoms with Crippen molar-refractivity contribution in [1.82, 2.24) is 4.90 Å². The van der Waals surface area contributed by atoms with E-state index in [1.807, 2.05) is 18.4 Å². The maximum absolute atomic E-state index is 12.1. The van der Waals surface area contributed by atoms with Crippen LogP contribution in [0, 0.1) is 5.92 Å². The zero-order valence-corrected chi connectivity index (χ0v) is 11.3. The highest BCUT2D eigenvalue weighted by Gasteiger charge is 2.34. The van der Waals surface area contributed by atoms with Gasteiger partial charge in [0.2, 0.25) is 5.91 Å². The van der Waals surface area contributed by atoms with Crippen LogP contribution in [0.4, 0.5) is 0 Å². The molecule has 1 aromatic rings. The number of amides is 2. The van der Waals surface area contributed by atoms with Crippen LogP contribution in [0.15, 0.2) is 15.9 Å². The number of rotatable bonds is 2. The van der Waals surface area contributed by atoms with E-state index in [4.69, 9.17) is 0 Å². The summed E-state index contributed by atoms with van der Waals surface area (Å²) >= 11 is 4.68. The molecule has 1 fully saturated rings. The number of hydrogen-bond donors (Lipinski definition) is 0. The lowest BCUT2D eigenvalue weighted by atomic mass is 10.1. The van der Waals surface area contributed by atoms with Gasteiger partial charge in [-0.15, -0.1) is 11.3 Å². The predicted molar refractivity (Wildman–Crippen MR) is 66.5 cm³/mol. The average Bonchev–Trinajstić information content (AvgIpc) is 2.83. The summed E-state index contributed by atoms with van der Waals surface area (Å²) < 4.78 is 0.773. The second-order valence-corrected chi connectivity index (χ2v) is 5.66. The molecule has 0 aromatic carbocycles. The molecule has 1 atom stereocenters. The van der Waals surface area contributed by atoms with Gasteiger partial charge in [-0.05, 0) is 33.3 Å². The van der Waals surface area contributed by atoms with Crippen molar-refractivity contribution in [2.45, 2.75) is 19.8 Å². The molecule has 0 saturated carbocycles. The molecule has 3 nitrogen and oxygen atoms in total. The molecule has 0 aliphatic carbocycles. The first-order chi connectivity index (χ1) is 7.63. The van der Waals surface area contributed by atoms with Gasteiger partial charge in [-0.3, -0.25) is 14.5 Å². The lowest BCUT2D eigenvalue weighted by molar-refractivity contribution is -0.125. The molecular formula is C11H12BrNO2S. The number of hydrogen-bond acceptors (Lipinski definition) is 3. The maximum atomic E-state index is 12.1. The van der Waals surface area contributed by atoms with Crippen molar-refractivity contribution in [2.24, 2.45) is 5.92 Å². The minimum absolute atomic E-state index is 0.0443. The van der Waals surface area contributed by atoms with E-state index in [0.717, 1.165) is 10.9 Å². The third kappa shape index (κ3) is 2.06. The van der Waals surface area contributed by atoms with Crippen LogP contribution in [0.5, 0.6) is 0 Å². The van der Waals surface area contributed by atoms with E-state index in [0.29, 0.717) is 23.8 Å². The van der Waals surface area contributed by atoms with Crippen LogP contribution in [0.3, 0.4) is 0 Å². The van der Waals surface area contributed by atoms with Crippen LogP contribution in [0.25, 0.3) is 0 Å². The van der Waals surface area contributed by atoms with Crippen molar-refractivity contribution in [3.05, 3.63) is 20.8 Å². The summed E-state index contributed by atoms with van der Waals surface area (Å²) in [5.41, 5.74) is 0. The fraction of sp³-hybridized carbons (Fsp3) is 0.455. The molecule has 1 saturated heterocycles. The molecule has 0 bridgehead atoms. The molecule has 2 rings (SSSR count). The Morgan fingerprint density at radius 3 is 2.94 bits per heavy atom. The van der Waals surface area contributed by atoms with Crippen LogP contribution in [-0.4, -0.2) is 23.3 Å². The summed E-state index contributed by atoms with van der Waals surface area (Å²) in [5, 5.41) is 1.84. The quantitative estimate of drug-likeness (QED) is 0.788. The van der Waals surface area contributed by atoms with Crippen molar-refractivity contribution in [1.29, 1.82) is 0 Å². The van der Waals surface area contributed by atoms with Gasteiger partial charge in [0.05, 0.1) is 0 Å². The Morgan fingerprint density at radius 2 is 2.44 bits per heavy atom. The molecule has 1 aromatic heterocycles. The van der Waals surface area contributed by atoms with Crippen molar-refractivity contribution >= 4 is 39.1 Å². The van der Waals surface area contributed by atoms with Gasteiger partial charge in [-0.1, -0.05) is 13.3 Å². The highest BCUT2D eigenvalue weighted by molar-refractivity contribution is 9.10. The summed E-state index contributed by atoms with van der Waals surface area (Å²) in [6.07, 6.45) is 1.45.